The molecule has 1 rings (SSSR count). The molecular formula is C12H23N7O7. The number of carbonyl (C=O) groups excluding carboxylic acids is 1. The average Bonchev–Trinajstić information content (AvgIpc) is 2.67. The van der Waals surface area contributed by atoms with Gasteiger partial charge < -0.3 is 10.5 Å². The molecule has 148 valence electrons. The monoisotopic (exact) mass is 377 g/mol. The Morgan fingerprint density at radius 1 is 0.846 bits per heavy atom. The van der Waals surface area contributed by atoms with Gasteiger partial charge in [-0.1, -0.05) is 10.5 Å². The lowest BCUT2D eigenvalue weighted by atomic mass is 10.3. The highest BCUT2D eigenvalue weighted by atomic mass is 16.9. The minimum atomic E-state index is -1.20. The van der Waals surface area contributed by atoms with Crippen LogP contribution in [0.5, 0.6) is 0 Å². The quantitative estimate of drug-likeness (QED) is 0.336. The number of anilines is 3. The van der Waals surface area contributed by atoms with Crippen molar-refractivity contribution in [1.82, 2.24) is 15.0 Å². The van der Waals surface area contributed by atoms with Gasteiger partial charge in [-0.15, -0.1) is 0 Å². The van der Waals surface area contributed by atoms with Gasteiger partial charge in [-0.25, -0.2) is 19.4 Å². The Morgan fingerprint density at radius 3 is 1.58 bits per heavy atom. The average molecular weight is 377 g/mol. The van der Waals surface area contributed by atoms with Crippen LogP contribution in [0, 0.1) is 0 Å². The summed E-state index contributed by atoms with van der Waals surface area (Å²) < 4.78 is 5.14. The Balaban J connectivity index is 3.48. The van der Waals surface area contributed by atoms with Crippen LogP contribution in [-0.4, -0.2) is 76.2 Å². The number of rotatable bonds is 12. The molecule has 0 amide bonds. The fourth-order valence-electron chi connectivity index (χ4n) is 1.82. The molecular weight excluding hydrogens is 354 g/mol. The molecule has 0 fully saturated rings. The number of hydrogen-bond donors (Lipinski definition) is 1. The van der Waals surface area contributed by atoms with Gasteiger partial charge >= 0.3 is 0 Å². The van der Waals surface area contributed by atoms with Crippen LogP contribution in [0.15, 0.2) is 0 Å². The minimum absolute atomic E-state index is 0.0915. The summed E-state index contributed by atoms with van der Waals surface area (Å²) in [5, 5.41) is 2.77. The van der Waals surface area contributed by atoms with E-state index in [1.165, 1.54) is 42.7 Å². The van der Waals surface area contributed by atoms with E-state index in [4.69, 9.17) is 34.7 Å². The summed E-state index contributed by atoms with van der Waals surface area (Å²) in [6, 6.07) is 0. The smallest absolute Gasteiger partial charge is 0.284 e. The van der Waals surface area contributed by atoms with E-state index in [0.717, 1.165) is 15.5 Å². The molecule has 14 nitrogen and oxygen atoms in total. The van der Waals surface area contributed by atoms with Crippen LogP contribution in [0.3, 0.4) is 0 Å². The van der Waals surface area contributed by atoms with Crippen molar-refractivity contribution >= 4 is 23.6 Å². The number of nitrogens with zero attached hydrogens (tertiary/aromatic N) is 6. The molecule has 0 radical (unpaired) electrons. The second kappa shape index (κ2) is 10.7. The standard InChI is InChI=1S/C12H23N7O7/c1-21-9(8(20)7-13)17(22-2)10-14-11(18(23-3)24-4)16-12(15-10)19(25-5)26-6/h9H,7,13H2,1-6H3. The molecule has 14 heteroatoms. The third kappa shape index (κ3) is 4.92. The number of carbonyl (C=O) groups is 1. The van der Waals surface area contributed by atoms with Crippen LogP contribution >= 0.6 is 0 Å². The Labute approximate surface area is 150 Å². The summed E-state index contributed by atoms with van der Waals surface area (Å²) >= 11 is 0. The maximum absolute atomic E-state index is 12.0. The molecule has 0 saturated carbocycles. The molecule has 0 spiro atoms. The highest BCUT2D eigenvalue weighted by molar-refractivity contribution is 5.86. The molecule has 1 heterocycles. The van der Waals surface area contributed by atoms with E-state index in [1.807, 2.05) is 0 Å². The van der Waals surface area contributed by atoms with Crippen molar-refractivity contribution in [3.05, 3.63) is 0 Å². The van der Waals surface area contributed by atoms with Gasteiger partial charge in [0.25, 0.3) is 17.8 Å². The third-order valence-corrected chi connectivity index (χ3v) is 2.90. The van der Waals surface area contributed by atoms with Gasteiger partial charge in [-0.05, 0) is 0 Å². The fourth-order valence-corrected chi connectivity index (χ4v) is 1.82. The molecule has 1 aromatic heterocycles. The Kier molecular flexibility index (Phi) is 9.00. The molecule has 0 aromatic carbocycles. The fraction of sp³-hybridized carbons (Fsp3) is 0.667. The van der Waals surface area contributed by atoms with E-state index in [-0.39, 0.29) is 24.4 Å². The van der Waals surface area contributed by atoms with E-state index < -0.39 is 12.0 Å². The molecule has 0 saturated heterocycles. The number of hydrogen-bond acceptors (Lipinski definition) is 14. The number of ketones is 1. The third-order valence-electron chi connectivity index (χ3n) is 2.90. The predicted molar refractivity (Wildman–Crippen MR) is 87.2 cm³/mol. The van der Waals surface area contributed by atoms with E-state index >= 15 is 0 Å². The summed E-state index contributed by atoms with van der Waals surface area (Å²) in [6.07, 6.45) is -1.20. The first-order valence-corrected chi connectivity index (χ1v) is 7.12. The lowest BCUT2D eigenvalue weighted by molar-refractivity contribution is -0.132. The highest BCUT2D eigenvalue weighted by Crippen LogP contribution is 2.21. The zero-order chi connectivity index (χ0) is 19.7. The van der Waals surface area contributed by atoms with Crippen LogP contribution in [0.25, 0.3) is 0 Å². The number of hydroxylamine groups is 1. The van der Waals surface area contributed by atoms with Gasteiger partial charge in [0.1, 0.15) is 0 Å². The summed E-state index contributed by atoms with van der Waals surface area (Å²) in [5.41, 5.74) is 5.40. The van der Waals surface area contributed by atoms with Crippen LogP contribution in [0.4, 0.5) is 17.8 Å². The lowest BCUT2D eigenvalue weighted by Crippen LogP contribution is -2.46. The van der Waals surface area contributed by atoms with Crippen molar-refractivity contribution in [2.75, 3.05) is 64.7 Å². The minimum Gasteiger partial charge on any atom is -0.353 e. The topological polar surface area (TPSA) is 147 Å². The van der Waals surface area contributed by atoms with Crippen molar-refractivity contribution in [3.63, 3.8) is 0 Å². The zero-order valence-electron chi connectivity index (χ0n) is 15.4. The van der Waals surface area contributed by atoms with Crippen molar-refractivity contribution in [2.45, 2.75) is 6.23 Å². The van der Waals surface area contributed by atoms with Gasteiger partial charge in [0.2, 0.25) is 6.23 Å². The van der Waals surface area contributed by atoms with Gasteiger partial charge in [0.15, 0.2) is 5.78 Å². The Bertz CT molecular complexity index is 541. The molecule has 0 bridgehead atoms. The molecule has 0 aliphatic rings. The molecule has 0 aliphatic heterocycles. The van der Waals surface area contributed by atoms with Crippen molar-refractivity contribution in [3.8, 4) is 0 Å². The van der Waals surface area contributed by atoms with Gasteiger partial charge in [-0.3, -0.25) is 9.63 Å². The summed E-state index contributed by atoms with van der Waals surface area (Å²) in [5.74, 6) is -0.778. The first-order valence-electron chi connectivity index (χ1n) is 7.12. The number of aromatic nitrogens is 3. The number of ether oxygens (including phenoxy) is 1. The molecule has 26 heavy (non-hydrogen) atoms. The zero-order valence-corrected chi connectivity index (χ0v) is 15.4. The lowest BCUT2D eigenvalue weighted by Gasteiger charge is -2.28. The number of methoxy groups -OCH3 is 1. The van der Waals surface area contributed by atoms with Crippen molar-refractivity contribution in [1.29, 1.82) is 0 Å². The summed E-state index contributed by atoms with van der Waals surface area (Å²) in [7, 11) is 7.94. The molecule has 1 aromatic rings. The van der Waals surface area contributed by atoms with E-state index in [1.54, 1.807) is 0 Å². The normalized spacial score (nSPS) is 12.0. The van der Waals surface area contributed by atoms with Crippen LogP contribution in [-0.2, 0) is 33.7 Å². The second-order valence-corrected chi connectivity index (χ2v) is 4.25. The van der Waals surface area contributed by atoms with Crippen molar-refractivity contribution in [2.24, 2.45) is 5.73 Å². The SMILES string of the molecule is COC(C(=O)CN)N(OC)c1nc(N(OC)OC)nc(N(OC)OC)n1. The Morgan fingerprint density at radius 2 is 1.27 bits per heavy atom. The van der Waals surface area contributed by atoms with Gasteiger partial charge in [0, 0.05) is 7.11 Å². The first-order chi connectivity index (χ1) is 12.5. The maximum Gasteiger partial charge on any atom is 0.284 e. The van der Waals surface area contributed by atoms with Gasteiger partial charge in [-0.2, -0.15) is 20.0 Å². The molecule has 2 N–H and O–H groups in total. The van der Waals surface area contributed by atoms with Gasteiger partial charge in [0.05, 0.1) is 42.1 Å². The second-order valence-electron chi connectivity index (χ2n) is 4.25. The number of Topliss-reactive ketones (excluding diaryl/α,β-unsaturated/α-hetero) is 1. The van der Waals surface area contributed by atoms with Crippen LogP contribution in [0.1, 0.15) is 0 Å². The van der Waals surface area contributed by atoms with E-state index in [0.29, 0.717) is 0 Å². The summed E-state index contributed by atoms with van der Waals surface area (Å²) in [6.45, 7) is -0.284. The first kappa shape index (κ1) is 21.8. The summed E-state index contributed by atoms with van der Waals surface area (Å²) in [4.78, 5) is 49.5. The predicted octanol–water partition coefficient (Wildman–Crippen LogP) is -1.40. The molecule has 0 aliphatic carbocycles. The molecule has 1 atom stereocenters. The van der Waals surface area contributed by atoms with E-state index in [9.17, 15) is 4.79 Å². The maximum atomic E-state index is 12.0. The van der Waals surface area contributed by atoms with Crippen LogP contribution in [0.2, 0.25) is 0 Å². The Hall–Kier alpha value is -2.20. The largest absolute Gasteiger partial charge is 0.353 e. The van der Waals surface area contributed by atoms with Crippen molar-refractivity contribution < 1.29 is 33.7 Å². The highest BCUT2D eigenvalue weighted by Gasteiger charge is 2.30. The van der Waals surface area contributed by atoms with E-state index in [2.05, 4.69) is 15.0 Å². The number of nitrogens with two attached hydrogens (primary N) is 1. The molecule has 1 unspecified atom stereocenters. The van der Waals surface area contributed by atoms with Crippen LogP contribution < -0.4 is 21.2 Å².